The number of carbonyl (C=O) groups is 3. The minimum Gasteiger partial charge on any atom is -0.491 e. The minimum atomic E-state index is -0.302. The number of carbonyl (C=O) groups excluding carboxylic acids is 3. The Balaban J connectivity index is 1.73. The summed E-state index contributed by atoms with van der Waals surface area (Å²) in [6.07, 6.45) is 3.95. The Kier molecular flexibility index (Phi) is 9.75. The van der Waals surface area contributed by atoms with Crippen molar-refractivity contribution in [2.45, 2.75) is 52.5 Å². The molecule has 2 N–H and O–H groups in total. The fourth-order valence-electron chi connectivity index (χ4n) is 4.02. The van der Waals surface area contributed by atoms with Gasteiger partial charge in [0, 0.05) is 37.3 Å². The lowest BCUT2D eigenvalue weighted by atomic mass is 10.1. The first-order valence-electron chi connectivity index (χ1n) is 12.4. The van der Waals surface area contributed by atoms with Gasteiger partial charge in [-0.05, 0) is 55.9 Å². The van der Waals surface area contributed by atoms with Gasteiger partial charge in [0.2, 0.25) is 11.8 Å². The smallest absolute Gasteiger partial charge is 0.255 e. The predicted molar refractivity (Wildman–Crippen MR) is 138 cm³/mol. The van der Waals surface area contributed by atoms with Crippen molar-refractivity contribution in [2.75, 3.05) is 26.2 Å². The Hall–Kier alpha value is -3.07. The monoisotopic (exact) mass is 517 g/mol. The maximum Gasteiger partial charge on any atom is 0.255 e. The Morgan fingerprint density at radius 2 is 2.06 bits per heavy atom. The first kappa shape index (κ1) is 27.5. The number of rotatable bonds is 4. The number of fused-ring (bicyclic) bond motifs is 1. The number of aromatic nitrogens is 2. The Bertz CT molecular complexity index is 1080. The van der Waals surface area contributed by atoms with Crippen LogP contribution in [0.2, 0.25) is 5.02 Å². The molecule has 36 heavy (non-hydrogen) atoms. The van der Waals surface area contributed by atoms with Crippen molar-refractivity contribution in [3.8, 4) is 5.75 Å². The average molecular weight is 518 g/mol. The highest BCUT2D eigenvalue weighted by Gasteiger charge is 2.23. The molecule has 3 amide bonds. The molecule has 0 aliphatic carbocycles. The summed E-state index contributed by atoms with van der Waals surface area (Å²) >= 11 is 6.12. The number of amides is 3. The molecule has 9 nitrogen and oxygen atoms in total. The average Bonchev–Trinajstić information content (AvgIpc) is 3.15. The van der Waals surface area contributed by atoms with Gasteiger partial charge in [-0.15, -0.1) is 0 Å². The van der Waals surface area contributed by atoms with Gasteiger partial charge < -0.3 is 20.3 Å². The summed E-state index contributed by atoms with van der Waals surface area (Å²) in [7, 11) is 1.87. The summed E-state index contributed by atoms with van der Waals surface area (Å²) < 4.78 is 7.75. The van der Waals surface area contributed by atoms with Gasteiger partial charge in [-0.3, -0.25) is 19.1 Å². The summed E-state index contributed by atoms with van der Waals surface area (Å²) in [5.41, 5.74) is 2.40. The molecule has 3 rings (SSSR count). The molecule has 1 aliphatic rings. The molecule has 0 bridgehead atoms. The van der Waals surface area contributed by atoms with Crippen LogP contribution in [0.25, 0.3) is 0 Å². The molecule has 0 spiro atoms. The lowest BCUT2D eigenvalue weighted by molar-refractivity contribution is -0.136. The van der Waals surface area contributed by atoms with Crippen LogP contribution in [0.4, 0.5) is 0 Å². The maximum absolute atomic E-state index is 13.1. The molecule has 0 unspecified atom stereocenters. The number of ether oxygens (including phenoxy) is 1. The van der Waals surface area contributed by atoms with Gasteiger partial charge in [0.15, 0.2) is 0 Å². The summed E-state index contributed by atoms with van der Waals surface area (Å²) in [4.78, 5) is 40.5. The summed E-state index contributed by atoms with van der Waals surface area (Å²) in [5.74, 6) is -0.0990. The molecule has 0 saturated carbocycles. The Labute approximate surface area is 217 Å². The fraction of sp³-hybridized carbons (Fsp3) is 0.538. The number of halogens is 1. The molecule has 10 heteroatoms. The Morgan fingerprint density at radius 1 is 1.28 bits per heavy atom. The predicted octanol–water partition coefficient (Wildman–Crippen LogP) is 2.89. The fourth-order valence-corrected chi connectivity index (χ4v) is 4.19. The van der Waals surface area contributed by atoms with E-state index < -0.39 is 0 Å². The molecule has 1 aromatic heterocycles. The van der Waals surface area contributed by atoms with Crippen LogP contribution in [0.1, 0.15) is 54.7 Å². The van der Waals surface area contributed by atoms with E-state index in [2.05, 4.69) is 15.7 Å². The minimum absolute atomic E-state index is 0.0212. The topological polar surface area (TPSA) is 106 Å². The Morgan fingerprint density at radius 3 is 2.75 bits per heavy atom. The number of hydrogen-bond acceptors (Lipinski definition) is 5. The van der Waals surface area contributed by atoms with E-state index in [1.165, 1.54) is 0 Å². The van der Waals surface area contributed by atoms with E-state index in [0.29, 0.717) is 55.1 Å². The molecule has 196 valence electrons. The molecule has 0 fully saturated rings. The van der Waals surface area contributed by atoms with E-state index in [1.54, 1.807) is 34.0 Å². The van der Waals surface area contributed by atoms with Crippen molar-refractivity contribution in [1.29, 1.82) is 0 Å². The third-order valence-electron chi connectivity index (χ3n) is 6.53. The van der Waals surface area contributed by atoms with Crippen LogP contribution >= 0.6 is 11.6 Å². The molecule has 1 aliphatic heterocycles. The first-order valence-corrected chi connectivity index (χ1v) is 12.8. The van der Waals surface area contributed by atoms with Crippen LogP contribution in [0, 0.1) is 12.8 Å². The lowest BCUT2D eigenvalue weighted by Gasteiger charge is -2.26. The van der Waals surface area contributed by atoms with E-state index in [0.717, 1.165) is 11.3 Å². The lowest BCUT2D eigenvalue weighted by Crippen LogP contribution is -2.48. The molecule has 1 atom stereocenters. The molecule has 1 aromatic carbocycles. The van der Waals surface area contributed by atoms with Crippen LogP contribution in [0.15, 0.2) is 24.4 Å². The van der Waals surface area contributed by atoms with Gasteiger partial charge in [-0.2, -0.15) is 5.10 Å². The second kappa shape index (κ2) is 12.8. The van der Waals surface area contributed by atoms with Gasteiger partial charge >= 0.3 is 0 Å². The second-order valence-electron chi connectivity index (χ2n) is 9.53. The third-order valence-corrected chi connectivity index (χ3v) is 6.76. The van der Waals surface area contributed by atoms with Gasteiger partial charge in [0.25, 0.3) is 5.91 Å². The van der Waals surface area contributed by atoms with Crippen molar-refractivity contribution in [2.24, 2.45) is 13.0 Å². The standard InChI is InChI=1S/C26H36ClN5O4/c1-17(2)22-16-36-23-9-8-20(27)13-21(23)26(35)28-11-5-6-12-32(15-24(33)30-22)25(34)10-7-19-14-29-31(4)18(19)3/h8-9,13-14,17,22H,5-7,10-12,15-16H2,1-4H3,(H,28,35)(H,30,33)/t22-/m0/s1. The molecule has 2 aromatic rings. The van der Waals surface area contributed by atoms with Crippen LogP contribution in [0.5, 0.6) is 5.75 Å². The zero-order valence-electron chi connectivity index (χ0n) is 21.5. The van der Waals surface area contributed by atoms with Crippen molar-refractivity contribution < 1.29 is 19.1 Å². The van der Waals surface area contributed by atoms with Crippen LogP contribution in [-0.4, -0.2) is 64.7 Å². The van der Waals surface area contributed by atoms with Crippen LogP contribution in [-0.2, 0) is 23.1 Å². The van der Waals surface area contributed by atoms with E-state index in [4.69, 9.17) is 16.3 Å². The number of hydrogen-bond donors (Lipinski definition) is 2. The highest BCUT2D eigenvalue weighted by atomic mass is 35.5. The molecule has 0 radical (unpaired) electrons. The third kappa shape index (κ3) is 7.46. The van der Waals surface area contributed by atoms with E-state index >= 15 is 0 Å². The van der Waals surface area contributed by atoms with Gasteiger partial charge in [0.1, 0.15) is 12.4 Å². The highest BCUT2D eigenvalue weighted by molar-refractivity contribution is 6.31. The van der Waals surface area contributed by atoms with E-state index in [1.807, 2.05) is 27.8 Å². The summed E-state index contributed by atoms with van der Waals surface area (Å²) in [6, 6.07) is 4.61. The number of nitrogens with one attached hydrogen (secondary N) is 2. The quantitative estimate of drug-likeness (QED) is 0.648. The molecule has 0 saturated heterocycles. The van der Waals surface area contributed by atoms with Crippen LogP contribution < -0.4 is 15.4 Å². The van der Waals surface area contributed by atoms with Gasteiger partial charge in [-0.25, -0.2) is 0 Å². The largest absolute Gasteiger partial charge is 0.491 e. The zero-order valence-corrected chi connectivity index (χ0v) is 22.2. The highest BCUT2D eigenvalue weighted by Crippen LogP contribution is 2.24. The first-order chi connectivity index (χ1) is 17.2. The number of benzene rings is 1. The SMILES string of the molecule is Cc1c(CCC(=O)N2CCCCNC(=O)c3cc(Cl)ccc3OC[C@@H](C(C)C)NC(=O)C2)cnn1C. The zero-order chi connectivity index (χ0) is 26.2. The molecular formula is C26H36ClN5O4. The second-order valence-corrected chi connectivity index (χ2v) is 9.96. The van der Waals surface area contributed by atoms with Crippen LogP contribution in [0.3, 0.4) is 0 Å². The van der Waals surface area contributed by atoms with Crippen molar-refractivity contribution in [3.05, 3.63) is 46.2 Å². The van der Waals surface area contributed by atoms with Crippen molar-refractivity contribution >= 4 is 29.3 Å². The van der Waals surface area contributed by atoms with E-state index in [-0.39, 0.29) is 42.8 Å². The van der Waals surface area contributed by atoms with Gasteiger partial charge in [0.05, 0.1) is 24.3 Å². The number of aryl methyl sites for hydroxylation is 2. The molecular weight excluding hydrogens is 482 g/mol. The van der Waals surface area contributed by atoms with Gasteiger partial charge in [-0.1, -0.05) is 25.4 Å². The van der Waals surface area contributed by atoms with E-state index in [9.17, 15) is 14.4 Å². The summed E-state index contributed by atoms with van der Waals surface area (Å²) in [5, 5.41) is 10.6. The normalized spacial score (nSPS) is 17.9. The number of nitrogens with zero attached hydrogens (tertiary/aromatic N) is 3. The maximum atomic E-state index is 13.1. The molecule has 2 heterocycles. The summed E-state index contributed by atoms with van der Waals surface area (Å²) in [6.45, 7) is 6.96. The van der Waals surface area contributed by atoms with Crippen molar-refractivity contribution in [1.82, 2.24) is 25.3 Å². The van der Waals surface area contributed by atoms with Crippen molar-refractivity contribution in [3.63, 3.8) is 0 Å².